The molecule has 0 aliphatic carbocycles. The Morgan fingerprint density at radius 3 is 2.56 bits per heavy atom. The number of aromatic amines is 1. The number of nitrogens with zero attached hydrogens (tertiary/aromatic N) is 3. The van der Waals surface area contributed by atoms with Gasteiger partial charge in [-0.05, 0) is 29.3 Å². The van der Waals surface area contributed by atoms with Gasteiger partial charge in [-0.15, -0.1) is 0 Å². The van der Waals surface area contributed by atoms with E-state index in [-0.39, 0.29) is 0 Å². The number of carbonyl (C=O) groups is 1. The van der Waals surface area contributed by atoms with E-state index in [2.05, 4.69) is 25.8 Å². The number of benzene rings is 2. The van der Waals surface area contributed by atoms with Gasteiger partial charge in [0.1, 0.15) is 18.4 Å². The van der Waals surface area contributed by atoms with Gasteiger partial charge in [0.2, 0.25) is 0 Å². The Labute approximate surface area is 198 Å². The number of H-pyrrole nitrogens is 1. The molecule has 2 N–H and O–H groups in total. The third-order valence-corrected chi connectivity index (χ3v) is 6.36. The van der Waals surface area contributed by atoms with Gasteiger partial charge in [0.05, 0.1) is 0 Å². The number of carboxylic acid groups (broad SMARTS) is 1. The van der Waals surface area contributed by atoms with Crippen LogP contribution in [-0.2, 0) is 17.9 Å². The van der Waals surface area contributed by atoms with Gasteiger partial charge in [-0.1, -0.05) is 36.4 Å². The Hall–Kier alpha value is -3.68. The average Bonchev–Trinajstić information content (AvgIpc) is 3.28. The minimum Gasteiger partial charge on any atom is -0.489 e. The molecule has 7 heteroatoms. The van der Waals surface area contributed by atoms with Crippen LogP contribution in [0, 0.1) is 0 Å². The normalized spacial score (nSPS) is 15.9. The number of carboxylic acids is 1. The first-order valence-electron chi connectivity index (χ1n) is 11.5. The van der Waals surface area contributed by atoms with Crippen molar-refractivity contribution in [2.24, 2.45) is 0 Å². The van der Waals surface area contributed by atoms with E-state index < -0.39 is 12.0 Å². The molecular formula is C27H28N4O3. The summed E-state index contributed by atoms with van der Waals surface area (Å²) in [7, 11) is 0. The van der Waals surface area contributed by atoms with Crippen LogP contribution in [0.2, 0.25) is 0 Å². The molecule has 4 aromatic rings. The highest BCUT2D eigenvalue weighted by atomic mass is 16.5. The van der Waals surface area contributed by atoms with Gasteiger partial charge in [-0.3, -0.25) is 19.6 Å². The van der Waals surface area contributed by atoms with Crippen LogP contribution in [0.3, 0.4) is 0 Å². The van der Waals surface area contributed by atoms with Crippen LogP contribution in [0.5, 0.6) is 5.75 Å². The number of pyridine rings is 1. The third-order valence-electron chi connectivity index (χ3n) is 6.36. The van der Waals surface area contributed by atoms with Crippen LogP contribution in [0.1, 0.15) is 22.7 Å². The molecule has 1 saturated heterocycles. The van der Waals surface area contributed by atoms with Crippen molar-refractivity contribution < 1.29 is 14.6 Å². The minimum absolute atomic E-state index is 0.487. The molecule has 1 fully saturated rings. The van der Waals surface area contributed by atoms with Gasteiger partial charge in [0.25, 0.3) is 0 Å². The maximum absolute atomic E-state index is 12.3. The van der Waals surface area contributed by atoms with Crippen molar-refractivity contribution in [3.05, 3.63) is 95.9 Å². The number of ether oxygens (including phenoxy) is 1. The van der Waals surface area contributed by atoms with E-state index in [0.29, 0.717) is 19.7 Å². The fourth-order valence-electron chi connectivity index (χ4n) is 4.60. The topological polar surface area (TPSA) is 81.7 Å². The molecule has 7 nitrogen and oxygen atoms in total. The van der Waals surface area contributed by atoms with E-state index in [1.807, 2.05) is 67.0 Å². The maximum Gasteiger partial charge on any atom is 0.325 e. The van der Waals surface area contributed by atoms with Crippen molar-refractivity contribution in [3.8, 4) is 5.75 Å². The largest absolute Gasteiger partial charge is 0.489 e. The molecule has 5 rings (SSSR count). The zero-order chi connectivity index (χ0) is 23.3. The van der Waals surface area contributed by atoms with E-state index in [1.54, 1.807) is 6.20 Å². The monoisotopic (exact) mass is 456 g/mol. The van der Waals surface area contributed by atoms with E-state index in [9.17, 15) is 9.90 Å². The second-order valence-corrected chi connectivity index (χ2v) is 8.64. The third kappa shape index (κ3) is 4.95. The molecule has 0 amide bonds. The van der Waals surface area contributed by atoms with Crippen molar-refractivity contribution in [2.45, 2.75) is 19.2 Å². The van der Waals surface area contributed by atoms with Crippen molar-refractivity contribution in [1.82, 2.24) is 19.8 Å². The summed E-state index contributed by atoms with van der Waals surface area (Å²) in [4.78, 5) is 24.2. The first-order valence-corrected chi connectivity index (χ1v) is 11.5. The summed E-state index contributed by atoms with van der Waals surface area (Å²) in [5, 5.41) is 11.0. The van der Waals surface area contributed by atoms with Gasteiger partial charge in [0.15, 0.2) is 0 Å². The lowest BCUT2D eigenvalue weighted by Gasteiger charge is -2.37. The second kappa shape index (κ2) is 10.1. The average molecular weight is 457 g/mol. The lowest BCUT2D eigenvalue weighted by Crippen LogP contribution is -2.48. The lowest BCUT2D eigenvalue weighted by atomic mass is 10.0. The highest BCUT2D eigenvalue weighted by Gasteiger charge is 2.32. The second-order valence-electron chi connectivity index (χ2n) is 8.64. The van der Waals surface area contributed by atoms with Crippen LogP contribution < -0.4 is 4.74 Å². The molecule has 1 atom stereocenters. The summed E-state index contributed by atoms with van der Waals surface area (Å²) in [5.74, 6) is -0.0772. The number of rotatable bonds is 8. The van der Waals surface area contributed by atoms with Crippen molar-refractivity contribution in [2.75, 3.05) is 26.2 Å². The van der Waals surface area contributed by atoms with Gasteiger partial charge >= 0.3 is 5.97 Å². The predicted octanol–water partition coefficient (Wildman–Crippen LogP) is 4.09. The molecule has 2 aromatic carbocycles. The van der Waals surface area contributed by atoms with Crippen molar-refractivity contribution >= 4 is 16.9 Å². The fraction of sp³-hybridized carbons (Fsp3) is 0.259. The zero-order valence-electron chi connectivity index (χ0n) is 18.9. The Morgan fingerprint density at radius 2 is 1.82 bits per heavy atom. The summed E-state index contributed by atoms with van der Waals surface area (Å²) < 4.78 is 5.94. The number of fused-ring (bicyclic) bond motifs is 1. The first kappa shape index (κ1) is 22.1. The van der Waals surface area contributed by atoms with Crippen molar-refractivity contribution in [1.29, 1.82) is 0 Å². The summed E-state index contributed by atoms with van der Waals surface area (Å²) in [6, 6.07) is 19.1. The molecule has 0 bridgehead atoms. The van der Waals surface area contributed by atoms with E-state index >= 15 is 0 Å². The summed E-state index contributed by atoms with van der Waals surface area (Å²) >= 11 is 0. The van der Waals surface area contributed by atoms with E-state index in [1.165, 1.54) is 5.56 Å². The number of aliphatic carboxylic acids is 1. The molecule has 1 aliphatic heterocycles. The Morgan fingerprint density at radius 1 is 1.03 bits per heavy atom. The quantitative estimate of drug-likeness (QED) is 0.416. The molecule has 1 aliphatic rings. The Kier molecular flexibility index (Phi) is 6.56. The fourth-order valence-corrected chi connectivity index (χ4v) is 4.60. The lowest BCUT2D eigenvalue weighted by molar-refractivity contribution is -0.144. The molecule has 174 valence electrons. The molecule has 2 aromatic heterocycles. The van der Waals surface area contributed by atoms with Gasteiger partial charge < -0.3 is 14.8 Å². The van der Waals surface area contributed by atoms with Gasteiger partial charge in [-0.2, -0.15) is 0 Å². The summed E-state index contributed by atoms with van der Waals surface area (Å²) in [5.41, 5.74) is 3.94. The maximum atomic E-state index is 12.3. The van der Waals surface area contributed by atoms with E-state index in [4.69, 9.17) is 4.74 Å². The SMILES string of the molecule is O=C(O)C(c1c[nH]c2cc(OCc3ccccc3)ccc12)N1CCN(Cc2cccnc2)CC1. The molecule has 1 unspecified atom stereocenters. The smallest absolute Gasteiger partial charge is 0.325 e. The van der Waals surface area contributed by atoms with Gasteiger partial charge in [-0.25, -0.2) is 0 Å². The van der Waals surface area contributed by atoms with Crippen LogP contribution in [0.4, 0.5) is 0 Å². The minimum atomic E-state index is -0.828. The Bertz CT molecular complexity index is 1230. The number of hydrogen-bond acceptors (Lipinski definition) is 5. The van der Waals surface area contributed by atoms with Crippen LogP contribution >= 0.6 is 0 Å². The molecule has 0 radical (unpaired) electrons. The number of aromatic nitrogens is 2. The predicted molar refractivity (Wildman–Crippen MR) is 131 cm³/mol. The highest BCUT2D eigenvalue weighted by Crippen LogP contribution is 2.31. The standard InChI is InChI=1S/C27H28N4O3/c32-27(33)26(31-13-11-30(12-14-31)18-21-7-4-10-28-16-21)24-17-29-25-15-22(8-9-23(24)25)34-19-20-5-2-1-3-6-20/h1-10,15-17,26,29H,11-14,18-19H2,(H,32,33). The Balaban J connectivity index is 1.27. The van der Waals surface area contributed by atoms with Gasteiger partial charge in [0, 0.05) is 73.8 Å². The molecule has 3 heterocycles. The van der Waals surface area contributed by atoms with Crippen molar-refractivity contribution in [3.63, 3.8) is 0 Å². The zero-order valence-corrected chi connectivity index (χ0v) is 18.9. The first-order chi connectivity index (χ1) is 16.7. The number of hydrogen-bond donors (Lipinski definition) is 2. The highest BCUT2D eigenvalue weighted by molar-refractivity contribution is 5.90. The molecule has 34 heavy (non-hydrogen) atoms. The number of piperazine rings is 1. The molecule has 0 spiro atoms. The van der Waals surface area contributed by atoms with E-state index in [0.717, 1.165) is 47.4 Å². The van der Waals surface area contributed by atoms with Crippen LogP contribution in [0.15, 0.2) is 79.3 Å². The summed E-state index contributed by atoms with van der Waals surface area (Å²) in [6.07, 6.45) is 5.49. The van der Waals surface area contributed by atoms with Crippen LogP contribution in [-0.4, -0.2) is 57.0 Å². The number of nitrogens with one attached hydrogen (secondary N) is 1. The molecule has 0 saturated carbocycles. The molecular weight excluding hydrogens is 428 g/mol. The summed E-state index contributed by atoms with van der Waals surface area (Å²) in [6.45, 7) is 4.35. The van der Waals surface area contributed by atoms with Crippen LogP contribution in [0.25, 0.3) is 10.9 Å².